The Kier molecular flexibility index (Phi) is 5.30. The van der Waals surface area contributed by atoms with Gasteiger partial charge in [0.05, 0.1) is 21.8 Å². The molecule has 0 aromatic heterocycles. The van der Waals surface area contributed by atoms with Crippen molar-refractivity contribution in [3.8, 4) is 0 Å². The Hall–Kier alpha value is -0.770. The van der Waals surface area contributed by atoms with Crippen LogP contribution in [0.2, 0.25) is 10.0 Å². The third-order valence-corrected chi connectivity index (χ3v) is 4.59. The highest BCUT2D eigenvalue weighted by Crippen LogP contribution is 2.30. The predicted molar refractivity (Wildman–Crippen MR) is 84.5 cm³/mol. The second kappa shape index (κ2) is 6.79. The third kappa shape index (κ3) is 3.66. The van der Waals surface area contributed by atoms with Crippen molar-refractivity contribution in [2.45, 2.75) is 32.7 Å². The van der Waals surface area contributed by atoms with Crippen LogP contribution in [0.25, 0.3) is 0 Å². The molecule has 1 aliphatic heterocycles. The summed E-state index contributed by atoms with van der Waals surface area (Å²) in [4.78, 5) is 14.5. The molecule has 3 nitrogen and oxygen atoms in total. The van der Waals surface area contributed by atoms with Crippen LogP contribution in [-0.4, -0.2) is 29.9 Å². The normalized spacial score (nSPS) is 18.8. The Balaban J connectivity index is 2.01. The number of rotatable bonds is 3. The first-order valence-electron chi connectivity index (χ1n) is 6.98. The van der Waals surface area contributed by atoms with Crippen molar-refractivity contribution in [2.24, 2.45) is 5.92 Å². The maximum atomic E-state index is 12.3. The van der Waals surface area contributed by atoms with Gasteiger partial charge in [0.25, 0.3) is 0 Å². The molecule has 0 spiro atoms. The molecule has 1 N–H and O–H groups in total. The number of carbonyl (C=O) groups excluding carboxylic acids is 1. The first kappa shape index (κ1) is 15.6. The van der Waals surface area contributed by atoms with E-state index in [1.54, 1.807) is 18.2 Å². The maximum Gasteiger partial charge on any atom is 0.241 e. The van der Waals surface area contributed by atoms with Gasteiger partial charge in [0.1, 0.15) is 0 Å². The average molecular weight is 315 g/mol. The monoisotopic (exact) mass is 314 g/mol. The van der Waals surface area contributed by atoms with Crippen molar-refractivity contribution in [3.63, 3.8) is 0 Å². The van der Waals surface area contributed by atoms with Crippen molar-refractivity contribution >= 4 is 34.8 Å². The van der Waals surface area contributed by atoms with Gasteiger partial charge >= 0.3 is 0 Å². The molecule has 1 heterocycles. The van der Waals surface area contributed by atoms with E-state index in [1.807, 2.05) is 6.92 Å². The van der Waals surface area contributed by atoms with Crippen LogP contribution < -0.4 is 5.32 Å². The summed E-state index contributed by atoms with van der Waals surface area (Å²) < 4.78 is 0. The molecule has 1 aliphatic rings. The number of carbonyl (C=O) groups is 1. The minimum Gasteiger partial charge on any atom is -0.322 e. The Morgan fingerprint density at radius 3 is 2.40 bits per heavy atom. The van der Waals surface area contributed by atoms with E-state index in [0.29, 0.717) is 15.7 Å². The van der Waals surface area contributed by atoms with Crippen molar-refractivity contribution in [3.05, 3.63) is 28.2 Å². The van der Waals surface area contributed by atoms with Crippen LogP contribution in [0.1, 0.15) is 26.7 Å². The zero-order chi connectivity index (χ0) is 14.7. The molecule has 1 atom stereocenters. The fourth-order valence-corrected chi connectivity index (χ4v) is 2.92. The second-order valence-corrected chi connectivity index (χ2v) is 6.29. The third-order valence-electron chi connectivity index (χ3n) is 3.96. The van der Waals surface area contributed by atoms with Gasteiger partial charge in [-0.1, -0.05) is 36.2 Å². The van der Waals surface area contributed by atoms with Crippen LogP contribution in [0.15, 0.2) is 18.2 Å². The lowest BCUT2D eigenvalue weighted by atomic mass is 9.98. The number of halogens is 2. The van der Waals surface area contributed by atoms with Crippen molar-refractivity contribution in [2.75, 3.05) is 18.4 Å². The highest BCUT2D eigenvalue weighted by molar-refractivity contribution is 6.39. The first-order chi connectivity index (χ1) is 9.49. The summed E-state index contributed by atoms with van der Waals surface area (Å²) in [6.07, 6.45) is 2.29. The molecule has 5 heteroatoms. The van der Waals surface area contributed by atoms with Gasteiger partial charge in [0.15, 0.2) is 0 Å². The SMILES string of the molecule is CC1CCN([C@H](C)C(=O)Nc2c(Cl)cccc2Cl)CC1. The summed E-state index contributed by atoms with van der Waals surface area (Å²) in [5.74, 6) is 0.689. The molecule has 1 fully saturated rings. The molecule has 0 aliphatic carbocycles. The molecule has 1 aromatic rings. The lowest BCUT2D eigenvalue weighted by Gasteiger charge is -2.34. The molecule has 0 saturated carbocycles. The molecule has 0 radical (unpaired) electrons. The van der Waals surface area contributed by atoms with Crippen LogP contribution in [0, 0.1) is 5.92 Å². The van der Waals surface area contributed by atoms with Crippen molar-refractivity contribution in [1.29, 1.82) is 0 Å². The largest absolute Gasteiger partial charge is 0.322 e. The maximum absolute atomic E-state index is 12.3. The lowest BCUT2D eigenvalue weighted by molar-refractivity contribution is -0.121. The number of hydrogen-bond acceptors (Lipinski definition) is 2. The summed E-state index contributed by atoms with van der Waals surface area (Å²) in [5.41, 5.74) is 0.498. The quantitative estimate of drug-likeness (QED) is 0.912. The molecule has 110 valence electrons. The number of amides is 1. The highest BCUT2D eigenvalue weighted by atomic mass is 35.5. The first-order valence-corrected chi connectivity index (χ1v) is 7.73. The van der Waals surface area contributed by atoms with E-state index < -0.39 is 0 Å². The fourth-order valence-electron chi connectivity index (χ4n) is 2.43. The van der Waals surface area contributed by atoms with E-state index >= 15 is 0 Å². The Labute approximate surface area is 130 Å². The van der Waals surface area contributed by atoms with Gasteiger partial charge in [-0.05, 0) is 50.9 Å². The number of benzene rings is 1. The Morgan fingerprint density at radius 2 is 1.85 bits per heavy atom. The van der Waals surface area contributed by atoms with E-state index in [-0.39, 0.29) is 11.9 Å². The molecule has 1 saturated heterocycles. The number of anilines is 1. The molecule has 2 rings (SSSR count). The molecule has 0 unspecified atom stereocenters. The van der Waals surface area contributed by atoms with Crippen LogP contribution in [0.3, 0.4) is 0 Å². The summed E-state index contributed by atoms with van der Waals surface area (Å²) in [6, 6.07) is 5.03. The molecule has 1 aromatic carbocycles. The van der Waals surface area contributed by atoms with Crippen molar-refractivity contribution < 1.29 is 4.79 Å². The summed E-state index contributed by atoms with van der Waals surface area (Å²) in [6.45, 7) is 6.11. The van der Waals surface area contributed by atoms with Gasteiger partial charge in [0.2, 0.25) is 5.91 Å². The molecular weight excluding hydrogens is 295 g/mol. The highest BCUT2D eigenvalue weighted by Gasteiger charge is 2.25. The number of likely N-dealkylation sites (tertiary alicyclic amines) is 1. The van der Waals surface area contributed by atoms with E-state index in [1.165, 1.54) is 0 Å². The number of nitrogens with zero attached hydrogens (tertiary/aromatic N) is 1. The second-order valence-electron chi connectivity index (χ2n) is 5.48. The summed E-state index contributed by atoms with van der Waals surface area (Å²) in [7, 11) is 0. The summed E-state index contributed by atoms with van der Waals surface area (Å²) in [5, 5.41) is 3.77. The van der Waals surface area contributed by atoms with Gasteiger partial charge in [-0.15, -0.1) is 0 Å². The Morgan fingerprint density at radius 1 is 1.30 bits per heavy atom. The van der Waals surface area contributed by atoms with E-state index in [9.17, 15) is 4.79 Å². The van der Waals surface area contributed by atoms with E-state index in [4.69, 9.17) is 23.2 Å². The number of piperidine rings is 1. The smallest absolute Gasteiger partial charge is 0.241 e. The van der Waals surface area contributed by atoms with Crippen molar-refractivity contribution in [1.82, 2.24) is 4.90 Å². The van der Waals surface area contributed by atoms with Crippen LogP contribution in [0.4, 0.5) is 5.69 Å². The number of para-hydroxylation sites is 1. The number of nitrogens with one attached hydrogen (secondary N) is 1. The summed E-state index contributed by atoms with van der Waals surface area (Å²) >= 11 is 12.1. The van der Waals surface area contributed by atoms with E-state index in [0.717, 1.165) is 31.8 Å². The van der Waals surface area contributed by atoms with Crippen LogP contribution in [0.5, 0.6) is 0 Å². The lowest BCUT2D eigenvalue weighted by Crippen LogP contribution is -2.45. The topological polar surface area (TPSA) is 32.3 Å². The van der Waals surface area contributed by atoms with Gasteiger partial charge < -0.3 is 5.32 Å². The molecular formula is C15H20Cl2N2O. The van der Waals surface area contributed by atoms with Gasteiger partial charge in [-0.2, -0.15) is 0 Å². The van der Waals surface area contributed by atoms with E-state index in [2.05, 4.69) is 17.1 Å². The molecule has 1 amide bonds. The van der Waals surface area contributed by atoms with Crippen LogP contribution >= 0.6 is 23.2 Å². The van der Waals surface area contributed by atoms with Gasteiger partial charge in [-0.25, -0.2) is 0 Å². The Bertz CT molecular complexity index is 465. The van der Waals surface area contributed by atoms with Crippen LogP contribution in [-0.2, 0) is 4.79 Å². The van der Waals surface area contributed by atoms with Gasteiger partial charge in [0, 0.05) is 0 Å². The standard InChI is InChI=1S/C15H20Cl2N2O/c1-10-6-8-19(9-7-10)11(2)15(20)18-14-12(16)4-3-5-13(14)17/h3-5,10-11H,6-9H2,1-2H3,(H,18,20)/t11-/m1/s1. The molecule has 20 heavy (non-hydrogen) atoms. The average Bonchev–Trinajstić information content (AvgIpc) is 2.43. The predicted octanol–water partition coefficient (Wildman–Crippen LogP) is 4.05. The molecule has 0 bridgehead atoms. The minimum atomic E-state index is -0.171. The van der Waals surface area contributed by atoms with Gasteiger partial charge in [-0.3, -0.25) is 9.69 Å². The number of hydrogen-bond donors (Lipinski definition) is 1. The zero-order valence-electron chi connectivity index (χ0n) is 11.8. The minimum absolute atomic E-state index is 0.0606. The zero-order valence-corrected chi connectivity index (χ0v) is 13.3. The fraction of sp³-hybridized carbons (Fsp3) is 0.533.